The second-order valence-electron chi connectivity index (χ2n) is 5.62. The van der Waals surface area contributed by atoms with Gasteiger partial charge in [-0.1, -0.05) is 12.1 Å². The van der Waals surface area contributed by atoms with E-state index >= 15 is 0 Å². The van der Waals surface area contributed by atoms with Crippen molar-refractivity contribution < 1.29 is 13.2 Å². The van der Waals surface area contributed by atoms with Crippen LogP contribution in [0.4, 0.5) is 5.69 Å². The molecule has 116 valence electrons. The van der Waals surface area contributed by atoms with Crippen LogP contribution in [0.2, 0.25) is 0 Å². The molecule has 1 aliphatic carbocycles. The van der Waals surface area contributed by atoms with E-state index in [0.717, 1.165) is 18.4 Å². The molecule has 21 heavy (non-hydrogen) atoms. The molecular weight excluding hydrogens is 288 g/mol. The van der Waals surface area contributed by atoms with Crippen molar-refractivity contribution in [1.82, 2.24) is 5.32 Å². The molecule has 2 rings (SSSR count). The fraction of sp³-hybridized carbons (Fsp3) is 0.533. The number of nitrogens with zero attached hydrogens (tertiary/aromatic N) is 1. The second-order valence-corrected chi connectivity index (χ2v) is 7.53. The van der Waals surface area contributed by atoms with Gasteiger partial charge in [0.2, 0.25) is 15.9 Å². The summed E-state index contributed by atoms with van der Waals surface area (Å²) in [4.78, 5) is 11.6. The van der Waals surface area contributed by atoms with Gasteiger partial charge < -0.3 is 5.32 Å². The van der Waals surface area contributed by atoms with E-state index in [9.17, 15) is 13.2 Å². The van der Waals surface area contributed by atoms with Crippen LogP contribution in [0.15, 0.2) is 24.3 Å². The predicted octanol–water partition coefficient (Wildman–Crippen LogP) is 1.82. The van der Waals surface area contributed by atoms with E-state index in [1.807, 2.05) is 25.1 Å². The number of aryl methyl sites for hydroxylation is 1. The third-order valence-electron chi connectivity index (χ3n) is 3.40. The Labute approximate surface area is 126 Å². The van der Waals surface area contributed by atoms with Crippen LogP contribution in [-0.4, -0.2) is 33.2 Å². The quantitative estimate of drug-likeness (QED) is 0.835. The number of anilines is 1. The zero-order valence-corrected chi connectivity index (χ0v) is 13.3. The van der Waals surface area contributed by atoms with Crippen LogP contribution in [0.25, 0.3) is 0 Å². The van der Waals surface area contributed by atoms with Crippen molar-refractivity contribution in [2.75, 3.05) is 17.1 Å². The molecule has 0 radical (unpaired) electrons. The second kappa shape index (κ2) is 6.47. The zero-order valence-electron chi connectivity index (χ0n) is 12.5. The van der Waals surface area contributed by atoms with E-state index in [1.54, 1.807) is 6.07 Å². The summed E-state index contributed by atoms with van der Waals surface area (Å²) in [6, 6.07) is 7.72. The smallest absolute Gasteiger partial charge is 0.232 e. The minimum Gasteiger partial charge on any atom is -0.353 e. The number of hydrogen-bond donors (Lipinski definition) is 1. The lowest BCUT2D eigenvalue weighted by atomic mass is 10.2. The molecule has 0 saturated heterocycles. The molecule has 1 N–H and O–H groups in total. The van der Waals surface area contributed by atoms with Crippen molar-refractivity contribution in [3.63, 3.8) is 0 Å². The Kier molecular flexibility index (Phi) is 4.88. The molecule has 1 aliphatic rings. The molecule has 1 aromatic rings. The van der Waals surface area contributed by atoms with Gasteiger partial charge in [-0.3, -0.25) is 9.10 Å². The highest BCUT2D eigenvalue weighted by Gasteiger charge is 2.23. The van der Waals surface area contributed by atoms with Gasteiger partial charge in [-0.05, 0) is 43.9 Å². The third-order valence-corrected chi connectivity index (χ3v) is 4.59. The van der Waals surface area contributed by atoms with E-state index < -0.39 is 10.0 Å². The SMILES string of the molecule is Cc1cccc(N(CCCC(=O)NC2CC2)S(C)(=O)=O)c1. The van der Waals surface area contributed by atoms with Crippen LogP contribution in [0.5, 0.6) is 0 Å². The number of sulfonamides is 1. The Morgan fingerprint density at radius 2 is 2.10 bits per heavy atom. The van der Waals surface area contributed by atoms with E-state index in [2.05, 4.69) is 5.32 Å². The Morgan fingerprint density at radius 1 is 1.38 bits per heavy atom. The van der Waals surface area contributed by atoms with Gasteiger partial charge in [-0.2, -0.15) is 0 Å². The van der Waals surface area contributed by atoms with E-state index in [0.29, 0.717) is 31.1 Å². The van der Waals surface area contributed by atoms with Crippen LogP contribution in [0.3, 0.4) is 0 Å². The summed E-state index contributed by atoms with van der Waals surface area (Å²) in [7, 11) is -3.34. The van der Waals surface area contributed by atoms with Gasteiger partial charge in [-0.25, -0.2) is 8.42 Å². The van der Waals surface area contributed by atoms with Crippen LogP contribution >= 0.6 is 0 Å². The Balaban J connectivity index is 1.95. The number of carbonyl (C=O) groups is 1. The van der Waals surface area contributed by atoms with Crippen LogP contribution in [-0.2, 0) is 14.8 Å². The van der Waals surface area contributed by atoms with Gasteiger partial charge in [0.1, 0.15) is 0 Å². The molecule has 0 aliphatic heterocycles. The lowest BCUT2D eigenvalue weighted by Gasteiger charge is -2.22. The molecule has 5 nitrogen and oxygen atoms in total. The molecule has 0 aromatic heterocycles. The summed E-state index contributed by atoms with van der Waals surface area (Å²) in [5.41, 5.74) is 1.66. The fourth-order valence-electron chi connectivity index (χ4n) is 2.18. The largest absolute Gasteiger partial charge is 0.353 e. The number of rotatable bonds is 7. The van der Waals surface area contributed by atoms with Gasteiger partial charge in [0.15, 0.2) is 0 Å². The highest BCUT2D eigenvalue weighted by molar-refractivity contribution is 7.92. The first kappa shape index (κ1) is 15.8. The first-order chi connectivity index (χ1) is 9.86. The van der Waals surface area contributed by atoms with E-state index in [1.165, 1.54) is 10.6 Å². The average Bonchev–Trinajstić information content (AvgIpc) is 3.17. The molecule has 0 heterocycles. The summed E-state index contributed by atoms with van der Waals surface area (Å²) >= 11 is 0. The van der Waals surface area contributed by atoms with Gasteiger partial charge >= 0.3 is 0 Å². The molecule has 1 saturated carbocycles. The van der Waals surface area contributed by atoms with E-state index in [-0.39, 0.29) is 5.91 Å². The van der Waals surface area contributed by atoms with Crippen molar-refractivity contribution in [3.05, 3.63) is 29.8 Å². The maximum atomic E-state index is 11.9. The predicted molar refractivity (Wildman–Crippen MR) is 83.8 cm³/mol. The molecule has 6 heteroatoms. The lowest BCUT2D eigenvalue weighted by Crippen LogP contribution is -2.32. The standard InChI is InChI=1S/C15H22N2O3S/c1-12-5-3-6-14(11-12)17(21(2,19)20)10-4-7-15(18)16-13-8-9-13/h3,5-6,11,13H,4,7-10H2,1-2H3,(H,16,18). The van der Waals surface area contributed by atoms with E-state index in [4.69, 9.17) is 0 Å². The van der Waals surface area contributed by atoms with Crippen molar-refractivity contribution in [2.24, 2.45) is 0 Å². The van der Waals surface area contributed by atoms with Crippen molar-refractivity contribution >= 4 is 21.6 Å². The summed E-state index contributed by atoms with van der Waals surface area (Å²) in [5, 5.41) is 2.91. The van der Waals surface area contributed by atoms with Gasteiger partial charge in [-0.15, -0.1) is 0 Å². The first-order valence-electron chi connectivity index (χ1n) is 7.20. The topological polar surface area (TPSA) is 66.5 Å². The fourth-order valence-corrected chi connectivity index (χ4v) is 3.14. The first-order valence-corrected chi connectivity index (χ1v) is 9.05. The summed E-state index contributed by atoms with van der Waals surface area (Å²) < 4.78 is 25.2. The van der Waals surface area contributed by atoms with Gasteiger partial charge in [0.25, 0.3) is 0 Å². The molecule has 0 unspecified atom stereocenters. The number of carbonyl (C=O) groups excluding carboxylic acids is 1. The molecule has 0 atom stereocenters. The minimum absolute atomic E-state index is 0.00944. The summed E-state index contributed by atoms with van der Waals surface area (Å²) in [5.74, 6) is 0.00944. The van der Waals surface area contributed by atoms with Crippen LogP contribution in [0, 0.1) is 6.92 Å². The molecule has 1 amide bonds. The zero-order chi connectivity index (χ0) is 15.5. The summed E-state index contributed by atoms with van der Waals surface area (Å²) in [6.07, 6.45) is 4.18. The molecular formula is C15H22N2O3S. The van der Waals surface area contributed by atoms with Crippen LogP contribution in [0.1, 0.15) is 31.2 Å². The number of amides is 1. The lowest BCUT2D eigenvalue weighted by molar-refractivity contribution is -0.121. The maximum Gasteiger partial charge on any atom is 0.232 e. The molecule has 0 spiro atoms. The normalized spacial score (nSPS) is 14.8. The highest BCUT2D eigenvalue weighted by Crippen LogP contribution is 2.20. The number of nitrogens with one attached hydrogen (secondary N) is 1. The number of hydrogen-bond acceptors (Lipinski definition) is 3. The van der Waals surface area contributed by atoms with Crippen molar-refractivity contribution in [2.45, 2.75) is 38.6 Å². The minimum atomic E-state index is -3.34. The Morgan fingerprint density at radius 3 is 2.67 bits per heavy atom. The highest BCUT2D eigenvalue weighted by atomic mass is 32.2. The maximum absolute atomic E-state index is 11.9. The average molecular weight is 310 g/mol. The van der Waals surface area contributed by atoms with Gasteiger partial charge in [0, 0.05) is 19.0 Å². The van der Waals surface area contributed by atoms with Crippen molar-refractivity contribution in [1.29, 1.82) is 0 Å². The Bertz CT molecular complexity index is 609. The third kappa shape index (κ3) is 5.04. The van der Waals surface area contributed by atoms with Crippen molar-refractivity contribution in [3.8, 4) is 0 Å². The van der Waals surface area contributed by atoms with Gasteiger partial charge in [0.05, 0.1) is 11.9 Å². The molecule has 1 aromatic carbocycles. The van der Waals surface area contributed by atoms with Crippen LogP contribution < -0.4 is 9.62 Å². The monoisotopic (exact) mass is 310 g/mol. The molecule has 1 fully saturated rings. The molecule has 0 bridgehead atoms. The number of benzene rings is 1. The Hall–Kier alpha value is -1.56. The summed E-state index contributed by atoms with van der Waals surface area (Å²) in [6.45, 7) is 2.24.